The van der Waals surface area contributed by atoms with Crippen LogP contribution in [0, 0.1) is 16.7 Å². The highest BCUT2D eigenvalue weighted by Gasteiger charge is 2.19. The molecule has 0 aliphatic heterocycles. The minimum absolute atomic E-state index is 0.114. The highest BCUT2D eigenvalue weighted by molar-refractivity contribution is 5.90. The Kier molecular flexibility index (Phi) is 4.83. The lowest BCUT2D eigenvalue weighted by atomic mass is 9.88. The predicted octanol–water partition coefficient (Wildman–Crippen LogP) is 2.50. The molecule has 0 spiro atoms. The second kappa shape index (κ2) is 5.36. The van der Waals surface area contributed by atoms with Gasteiger partial charge in [0.25, 0.3) is 0 Å². The Hall–Kier alpha value is -1.30. The molecule has 0 fully saturated rings. The second-order valence-electron chi connectivity index (χ2n) is 3.71. The molecule has 72 valence electrons. The molecular formula is C10H16N2O. The number of nitrogens with zero attached hydrogens (tertiary/aromatic N) is 2. The van der Waals surface area contributed by atoms with Crippen LogP contribution in [0.4, 0.5) is 0 Å². The van der Waals surface area contributed by atoms with Gasteiger partial charge in [-0.15, -0.1) is 0 Å². The SMILES string of the molecule is C=CCO/N=C(\CC#N)C(C)(C)C. The largest absolute Gasteiger partial charge is 0.392 e. The van der Waals surface area contributed by atoms with Crippen LogP contribution in [0.1, 0.15) is 27.2 Å². The van der Waals surface area contributed by atoms with Gasteiger partial charge in [-0.3, -0.25) is 0 Å². The van der Waals surface area contributed by atoms with Crippen molar-refractivity contribution in [2.75, 3.05) is 6.61 Å². The normalized spacial score (nSPS) is 12.0. The maximum Gasteiger partial charge on any atom is 0.135 e. The molecular weight excluding hydrogens is 164 g/mol. The molecule has 0 atom stereocenters. The predicted molar refractivity (Wildman–Crippen MR) is 53.3 cm³/mol. The second-order valence-corrected chi connectivity index (χ2v) is 3.71. The Morgan fingerprint density at radius 1 is 1.62 bits per heavy atom. The van der Waals surface area contributed by atoms with Gasteiger partial charge in [0, 0.05) is 5.41 Å². The van der Waals surface area contributed by atoms with Gasteiger partial charge < -0.3 is 4.84 Å². The van der Waals surface area contributed by atoms with Gasteiger partial charge in [-0.2, -0.15) is 5.26 Å². The summed E-state index contributed by atoms with van der Waals surface area (Å²) >= 11 is 0. The van der Waals surface area contributed by atoms with Crippen molar-refractivity contribution in [3.05, 3.63) is 12.7 Å². The lowest BCUT2D eigenvalue weighted by molar-refractivity contribution is 0.170. The van der Waals surface area contributed by atoms with E-state index in [4.69, 9.17) is 10.1 Å². The Balaban J connectivity index is 4.34. The van der Waals surface area contributed by atoms with Crippen molar-refractivity contribution in [1.29, 1.82) is 5.26 Å². The van der Waals surface area contributed by atoms with Gasteiger partial charge in [-0.05, 0) is 0 Å². The van der Waals surface area contributed by atoms with E-state index in [0.717, 1.165) is 5.71 Å². The van der Waals surface area contributed by atoms with Crippen LogP contribution >= 0.6 is 0 Å². The van der Waals surface area contributed by atoms with Crippen molar-refractivity contribution in [2.24, 2.45) is 10.6 Å². The van der Waals surface area contributed by atoms with Gasteiger partial charge >= 0.3 is 0 Å². The van der Waals surface area contributed by atoms with Crippen molar-refractivity contribution >= 4 is 5.71 Å². The van der Waals surface area contributed by atoms with E-state index in [0.29, 0.717) is 13.0 Å². The van der Waals surface area contributed by atoms with Crippen molar-refractivity contribution in [1.82, 2.24) is 0 Å². The van der Waals surface area contributed by atoms with Gasteiger partial charge in [0.1, 0.15) is 6.61 Å². The van der Waals surface area contributed by atoms with Crippen molar-refractivity contribution in [2.45, 2.75) is 27.2 Å². The minimum atomic E-state index is -0.114. The number of rotatable bonds is 4. The molecule has 13 heavy (non-hydrogen) atoms. The molecule has 0 aromatic rings. The van der Waals surface area contributed by atoms with E-state index in [-0.39, 0.29) is 5.41 Å². The first kappa shape index (κ1) is 11.7. The molecule has 0 aliphatic rings. The summed E-state index contributed by atoms with van der Waals surface area (Å²) in [4.78, 5) is 4.94. The monoisotopic (exact) mass is 180 g/mol. The molecule has 0 aromatic heterocycles. The number of hydrogen-bond acceptors (Lipinski definition) is 3. The fraction of sp³-hybridized carbons (Fsp3) is 0.600. The molecule has 0 heterocycles. The molecule has 3 nitrogen and oxygen atoms in total. The summed E-state index contributed by atoms with van der Waals surface area (Å²) in [5.41, 5.74) is 0.647. The van der Waals surface area contributed by atoms with Crippen LogP contribution in [0.3, 0.4) is 0 Å². The lowest BCUT2D eigenvalue weighted by Gasteiger charge is -2.18. The summed E-state index contributed by atoms with van der Waals surface area (Å²) in [7, 11) is 0. The molecule has 0 rings (SSSR count). The number of oxime groups is 1. The van der Waals surface area contributed by atoms with Gasteiger partial charge in [0.05, 0.1) is 18.2 Å². The number of hydrogen-bond donors (Lipinski definition) is 0. The van der Waals surface area contributed by atoms with Crippen LogP contribution in [0.2, 0.25) is 0 Å². The molecule has 0 saturated heterocycles. The molecule has 0 bridgehead atoms. The molecule has 0 aromatic carbocycles. The van der Waals surface area contributed by atoms with Crippen LogP contribution in [-0.2, 0) is 4.84 Å². The molecule has 0 radical (unpaired) electrons. The van der Waals surface area contributed by atoms with Crippen LogP contribution < -0.4 is 0 Å². The van der Waals surface area contributed by atoms with Gasteiger partial charge in [0.2, 0.25) is 0 Å². The van der Waals surface area contributed by atoms with Gasteiger partial charge in [-0.25, -0.2) is 0 Å². The third-order valence-corrected chi connectivity index (χ3v) is 1.48. The standard InChI is InChI=1S/C10H16N2O/c1-5-8-13-12-9(6-7-11)10(2,3)4/h5H,1,6,8H2,2-4H3/b12-9+. The molecule has 0 aliphatic carbocycles. The fourth-order valence-corrected chi connectivity index (χ4v) is 0.677. The maximum absolute atomic E-state index is 8.55. The third-order valence-electron chi connectivity index (χ3n) is 1.48. The topological polar surface area (TPSA) is 45.4 Å². The van der Waals surface area contributed by atoms with E-state index in [1.807, 2.05) is 20.8 Å². The lowest BCUT2D eigenvalue weighted by Crippen LogP contribution is -2.20. The highest BCUT2D eigenvalue weighted by atomic mass is 16.6. The van der Waals surface area contributed by atoms with Crippen LogP contribution in [0.25, 0.3) is 0 Å². The smallest absolute Gasteiger partial charge is 0.135 e. The minimum Gasteiger partial charge on any atom is -0.392 e. The molecule has 0 amide bonds. The van der Waals surface area contributed by atoms with Crippen molar-refractivity contribution in [3.63, 3.8) is 0 Å². The van der Waals surface area contributed by atoms with Gasteiger partial charge in [0.15, 0.2) is 0 Å². The molecule has 0 N–H and O–H groups in total. The first-order chi connectivity index (χ1) is 6.02. The summed E-state index contributed by atoms with van der Waals surface area (Å²) < 4.78 is 0. The Morgan fingerprint density at radius 2 is 2.23 bits per heavy atom. The summed E-state index contributed by atoms with van der Waals surface area (Å²) in [6.07, 6.45) is 1.93. The average molecular weight is 180 g/mol. The Bertz CT molecular complexity index is 230. The average Bonchev–Trinajstić information content (AvgIpc) is 2.01. The van der Waals surface area contributed by atoms with Crippen molar-refractivity contribution < 1.29 is 4.84 Å². The molecule has 3 heteroatoms. The van der Waals surface area contributed by atoms with E-state index in [1.165, 1.54) is 0 Å². The van der Waals surface area contributed by atoms with E-state index in [2.05, 4.69) is 17.8 Å². The first-order valence-electron chi connectivity index (χ1n) is 4.19. The quantitative estimate of drug-likeness (QED) is 0.289. The van der Waals surface area contributed by atoms with E-state index < -0.39 is 0 Å². The Labute approximate surface area is 79.7 Å². The zero-order chi connectivity index (χ0) is 10.3. The summed E-state index contributed by atoms with van der Waals surface area (Å²) in [6.45, 7) is 9.89. The van der Waals surface area contributed by atoms with Crippen LogP contribution in [0.15, 0.2) is 17.8 Å². The van der Waals surface area contributed by atoms with Gasteiger partial charge in [-0.1, -0.05) is 38.6 Å². The fourth-order valence-electron chi connectivity index (χ4n) is 0.677. The first-order valence-corrected chi connectivity index (χ1v) is 4.19. The van der Waals surface area contributed by atoms with Crippen LogP contribution in [-0.4, -0.2) is 12.3 Å². The summed E-state index contributed by atoms with van der Waals surface area (Å²) in [6, 6.07) is 2.06. The van der Waals surface area contributed by atoms with E-state index in [1.54, 1.807) is 6.08 Å². The maximum atomic E-state index is 8.55. The highest BCUT2D eigenvalue weighted by Crippen LogP contribution is 2.18. The third kappa shape index (κ3) is 5.02. The van der Waals surface area contributed by atoms with Crippen molar-refractivity contribution in [3.8, 4) is 6.07 Å². The Morgan fingerprint density at radius 3 is 2.62 bits per heavy atom. The number of nitriles is 1. The molecule has 0 saturated carbocycles. The molecule has 0 unspecified atom stereocenters. The summed E-state index contributed by atoms with van der Waals surface area (Å²) in [5.74, 6) is 0. The zero-order valence-electron chi connectivity index (χ0n) is 8.50. The zero-order valence-corrected chi connectivity index (χ0v) is 8.50. The summed E-state index contributed by atoms with van der Waals surface area (Å²) in [5, 5.41) is 12.4. The van der Waals surface area contributed by atoms with E-state index in [9.17, 15) is 0 Å². The van der Waals surface area contributed by atoms with Crippen LogP contribution in [0.5, 0.6) is 0 Å². The van der Waals surface area contributed by atoms with E-state index >= 15 is 0 Å².